The average molecular weight is 139 g/mol. The molecule has 0 heterocycles. The summed E-state index contributed by atoms with van der Waals surface area (Å²) in [6, 6.07) is 0. The van der Waals surface area contributed by atoms with Crippen LogP contribution in [0.1, 0.15) is 13.3 Å². The third kappa shape index (κ3) is 1.39. The van der Waals surface area contributed by atoms with Gasteiger partial charge in [0.15, 0.2) is 0 Å². The van der Waals surface area contributed by atoms with Gasteiger partial charge in [-0.25, -0.2) is 0 Å². The van der Waals surface area contributed by atoms with Gasteiger partial charge in [-0.15, -0.1) is 0 Å². The van der Waals surface area contributed by atoms with Crippen LogP contribution in [0.15, 0.2) is 23.5 Å². The fourth-order valence-electron chi connectivity index (χ4n) is 1.10. The first kappa shape index (κ1) is 7.35. The highest BCUT2D eigenvalue weighted by atomic mass is 16.3. The van der Waals surface area contributed by atoms with Gasteiger partial charge in [-0.2, -0.15) is 0 Å². The molecule has 0 saturated carbocycles. The monoisotopic (exact) mass is 139 g/mol. The van der Waals surface area contributed by atoms with Crippen LogP contribution >= 0.6 is 0 Å². The highest BCUT2D eigenvalue weighted by molar-refractivity contribution is 5.27. The Morgan fingerprint density at radius 1 is 1.80 bits per heavy atom. The first-order valence-electron chi connectivity index (χ1n) is 3.52. The van der Waals surface area contributed by atoms with Crippen LogP contribution in [0.2, 0.25) is 0 Å². The number of rotatable bonds is 1. The molecule has 0 saturated heterocycles. The molecule has 2 heteroatoms. The lowest BCUT2D eigenvalue weighted by atomic mass is 9.96. The molecule has 1 unspecified atom stereocenters. The molecule has 1 rings (SSSR count). The maximum atomic E-state index is 9.14. The second kappa shape index (κ2) is 2.88. The summed E-state index contributed by atoms with van der Waals surface area (Å²) in [5.74, 6) is 0.834. The van der Waals surface area contributed by atoms with E-state index in [0.717, 1.165) is 12.0 Å². The van der Waals surface area contributed by atoms with Gasteiger partial charge in [0, 0.05) is 0 Å². The van der Waals surface area contributed by atoms with Gasteiger partial charge in [0.25, 0.3) is 0 Å². The predicted molar refractivity (Wildman–Crippen MR) is 41.6 cm³/mol. The van der Waals surface area contributed by atoms with Crippen molar-refractivity contribution in [2.45, 2.75) is 13.3 Å². The van der Waals surface area contributed by atoms with Crippen LogP contribution < -0.4 is 5.73 Å². The Hall–Kier alpha value is -0.760. The predicted octanol–water partition coefficient (Wildman–Crippen LogP) is 1.35. The van der Waals surface area contributed by atoms with Crippen molar-refractivity contribution in [3.63, 3.8) is 0 Å². The highest BCUT2D eigenvalue weighted by Crippen LogP contribution is 2.19. The SMILES string of the molecule is CC1=CC(CN)CC=C1O. The van der Waals surface area contributed by atoms with Gasteiger partial charge >= 0.3 is 0 Å². The lowest BCUT2D eigenvalue weighted by molar-refractivity contribution is 0.411. The zero-order chi connectivity index (χ0) is 7.56. The summed E-state index contributed by atoms with van der Waals surface area (Å²) in [5, 5.41) is 9.14. The van der Waals surface area contributed by atoms with Crippen molar-refractivity contribution in [3.05, 3.63) is 23.5 Å². The molecular weight excluding hydrogens is 126 g/mol. The first-order chi connectivity index (χ1) is 4.74. The molecule has 0 bridgehead atoms. The van der Waals surface area contributed by atoms with Crippen molar-refractivity contribution in [1.29, 1.82) is 0 Å². The standard InChI is InChI=1S/C8H13NO/c1-6-4-7(5-9)2-3-8(6)10/h3-4,7,10H,2,5,9H2,1H3. The molecule has 0 spiro atoms. The lowest BCUT2D eigenvalue weighted by Crippen LogP contribution is -2.14. The molecule has 1 aliphatic carbocycles. The first-order valence-corrected chi connectivity index (χ1v) is 3.52. The van der Waals surface area contributed by atoms with Crippen LogP contribution in [-0.4, -0.2) is 11.7 Å². The molecule has 0 aromatic carbocycles. The molecule has 10 heavy (non-hydrogen) atoms. The van der Waals surface area contributed by atoms with Gasteiger partial charge in [0.2, 0.25) is 0 Å². The molecule has 0 amide bonds. The molecule has 0 aromatic rings. The van der Waals surface area contributed by atoms with Crippen molar-refractivity contribution >= 4 is 0 Å². The number of aliphatic hydroxyl groups is 1. The van der Waals surface area contributed by atoms with Gasteiger partial charge in [-0.05, 0) is 37.5 Å². The third-order valence-electron chi connectivity index (χ3n) is 1.81. The van der Waals surface area contributed by atoms with Crippen LogP contribution in [0.25, 0.3) is 0 Å². The van der Waals surface area contributed by atoms with Crippen molar-refractivity contribution < 1.29 is 5.11 Å². The molecule has 1 atom stereocenters. The van der Waals surface area contributed by atoms with E-state index in [0.29, 0.717) is 18.2 Å². The van der Waals surface area contributed by atoms with E-state index in [2.05, 4.69) is 0 Å². The number of hydrogen-bond acceptors (Lipinski definition) is 2. The van der Waals surface area contributed by atoms with Crippen molar-refractivity contribution in [3.8, 4) is 0 Å². The Morgan fingerprint density at radius 2 is 2.50 bits per heavy atom. The van der Waals surface area contributed by atoms with Crippen molar-refractivity contribution in [1.82, 2.24) is 0 Å². The normalized spacial score (nSPS) is 25.6. The average Bonchev–Trinajstić information content (AvgIpc) is 1.95. The van der Waals surface area contributed by atoms with Gasteiger partial charge in [-0.3, -0.25) is 0 Å². The Balaban J connectivity index is 2.66. The molecule has 0 radical (unpaired) electrons. The van der Waals surface area contributed by atoms with Gasteiger partial charge in [0.1, 0.15) is 5.76 Å². The minimum Gasteiger partial charge on any atom is -0.508 e. The summed E-state index contributed by atoms with van der Waals surface area (Å²) in [5.41, 5.74) is 6.40. The van der Waals surface area contributed by atoms with Gasteiger partial charge in [0.05, 0.1) is 0 Å². The zero-order valence-corrected chi connectivity index (χ0v) is 6.17. The van der Waals surface area contributed by atoms with Crippen LogP contribution in [-0.2, 0) is 0 Å². The van der Waals surface area contributed by atoms with Crippen LogP contribution in [0.5, 0.6) is 0 Å². The van der Waals surface area contributed by atoms with Crippen molar-refractivity contribution in [2.24, 2.45) is 11.7 Å². The molecule has 56 valence electrons. The van der Waals surface area contributed by atoms with Crippen LogP contribution in [0, 0.1) is 5.92 Å². The minimum absolute atomic E-state index is 0.407. The zero-order valence-electron chi connectivity index (χ0n) is 6.17. The third-order valence-corrected chi connectivity index (χ3v) is 1.81. The fourth-order valence-corrected chi connectivity index (χ4v) is 1.10. The van der Waals surface area contributed by atoms with E-state index < -0.39 is 0 Å². The summed E-state index contributed by atoms with van der Waals surface area (Å²) in [7, 11) is 0. The van der Waals surface area contributed by atoms with Crippen LogP contribution in [0.3, 0.4) is 0 Å². The van der Waals surface area contributed by atoms with Crippen LogP contribution in [0.4, 0.5) is 0 Å². The highest BCUT2D eigenvalue weighted by Gasteiger charge is 2.09. The molecule has 0 fully saturated rings. The quantitative estimate of drug-likeness (QED) is 0.576. The maximum Gasteiger partial charge on any atom is 0.114 e. The summed E-state index contributed by atoms with van der Waals surface area (Å²) in [4.78, 5) is 0. The molecule has 1 aliphatic rings. The van der Waals surface area contributed by atoms with Gasteiger partial charge in [-0.1, -0.05) is 6.08 Å². The molecule has 0 aliphatic heterocycles. The van der Waals surface area contributed by atoms with E-state index in [1.807, 2.05) is 19.1 Å². The van der Waals surface area contributed by atoms with Crippen molar-refractivity contribution in [2.75, 3.05) is 6.54 Å². The molecule has 0 aromatic heterocycles. The lowest BCUT2D eigenvalue weighted by Gasteiger charge is -2.14. The van der Waals surface area contributed by atoms with E-state index in [-0.39, 0.29) is 0 Å². The summed E-state index contributed by atoms with van der Waals surface area (Å²) >= 11 is 0. The molecular formula is C8H13NO. The van der Waals surface area contributed by atoms with E-state index in [9.17, 15) is 0 Å². The van der Waals surface area contributed by atoms with E-state index in [1.54, 1.807) is 0 Å². The fraction of sp³-hybridized carbons (Fsp3) is 0.500. The topological polar surface area (TPSA) is 46.2 Å². The molecule has 2 nitrogen and oxygen atoms in total. The Labute approximate surface area is 61.0 Å². The summed E-state index contributed by atoms with van der Waals surface area (Å²) < 4.78 is 0. The van der Waals surface area contributed by atoms with E-state index in [1.165, 1.54) is 0 Å². The minimum atomic E-state index is 0.407. The summed E-state index contributed by atoms with van der Waals surface area (Å²) in [6.07, 6.45) is 4.72. The number of aliphatic hydroxyl groups excluding tert-OH is 1. The molecule has 3 N–H and O–H groups in total. The van der Waals surface area contributed by atoms with E-state index >= 15 is 0 Å². The Kier molecular flexibility index (Phi) is 2.12. The smallest absolute Gasteiger partial charge is 0.114 e. The largest absolute Gasteiger partial charge is 0.508 e. The number of hydrogen-bond donors (Lipinski definition) is 2. The second-order valence-corrected chi connectivity index (χ2v) is 2.67. The number of nitrogens with two attached hydrogens (primary N) is 1. The van der Waals surface area contributed by atoms with Gasteiger partial charge < -0.3 is 10.8 Å². The number of allylic oxidation sites excluding steroid dienone is 2. The van der Waals surface area contributed by atoms with E-state index in [4.69, 9.17) is 10.8 Å². The Morgan fingerprint density at radius 3 is 3.00 bits per heavy atom. The Bertz CT molecular complexity index is 182. The summed E-state index contributed by atoms with van der Waals surface area (Å²) in [6.45, 7) is 2.56. The second-order valence-electron chi connectivity index (χ2n) is 2.67. The maximum absolute atomic E-state index is 9.14.